The number of nitrogens with one attached hydrogen (secondary N) is 1. The molecule has 1 aromatic carbocycles. The van der Waals surface area contributed by atoms with Crippen molar-refractivity contribution in [3.8, 4) is 0 Å². The number of aryl methyl sites for hydroxylation is 1. The first-order valence-electron chi connectivity index (χ1n) is 5.74. The molecule has 0 saturated heterocycles. The summed E-state index contributed by atoms with van der Waals surface area (Å²) >= 11 is 0. The van der Waals surface area contributed by atoms with E-state index in [-0.39, 0.29) is 5.25 Å². The van der Waals surface area contributed by atoms with E-state index in [1.807, 2.05) is 45.2 Å². The van der Waals surface area contributed by atoms with Crippen molar-refractivity contribution in [3.05, 3.63) is 29.8 Å². The molecule has 3 unspecified atom stereocenters. The predicted octanol–water partition coefficient (Wildman–Crippen LogP) is 2.49. The van der Waals surface area contributed by atoms with Crippen LogP contribution >= 0.6 is 0 Å². The summed E-state index contributed by atoms with van der Waals surface area (Å²) in [5.74, 6) is 0. The maximum Gasteiger partial charge on any atom is 0.0573 e. The van der Waals surface area contributed by atoms with Crippen LogP contribution in [-0.4, -0.2) is 22.5 Å². The second-order valence-electron chi connectivity index (χ2n) is 4.12. The van der Waals surface area contributed by atoms with Gasteiger partial charge in [-0.05, 0) is 39.4 Å². The molecule has 0 heterocycles. The van der Waals surface area contributed by atoms with Gasteiger partial charge >= 0.3 is 0 Å². The summed E-state index contributed by atoms with van der Waals surface area (Å²) in [6, 6.07) is 8.26. The molecule has 16 heavy (non-hydrogen) atoms. The maximum atomic E-state index is 12.3. The highest BCUT2D eigenvalue weighted by Gasteiger charge is 2.20. The zero-order valence-corrected chi connectivity index (χ0v) is 11.3. The van der Waals surface area contributed by atoms with Gasteiger partial charge in [-0.15, -0.1) is 0 Å². The normalized spacial score (nSPS) is 16.8. The molecule has 0 aliphatic rings. The van der Waals surface area contributed by atoms with E-state index >= 15 is 0 Å². The van der Waals surface area contributed by atoms with Crippen LogP contribution in [0.3, 0.4) is 0 Å². The Hall–Kier alpha value is -0.670. The van der Waals surface area contributed by atoms with Gasteiger partial charge in [-0.25, -0.2) is 0 Å². The molecular weight excluding hydrogens is 218 g/mol. The highest BCUT2D eigenvalue weighted by Crippen LogP contribution is 2.15. The van der Waals surface area contributed by atoms with Gasteiger partial charge in [0.1, 0.15) is 0 Å². The SMILES string of the molecule is CCC(NC)C(C)S(=O)c1ccc(C)cc1. The third-order valence-corrected chi connectivity index (χ3v) is 4.71. The molecule has 0 aromatic heterocycles. The Kier molecular flexibility index (Phi) is 5.16. The molecule has 90 valence electrons. The third kappa shape index (κ3) is 3.16. The van der Waals surface area contributed by atoms with Crippen molar-refractivity contribution in [2.24, 2.45) is 0 Å². The quantitative estimate of drug-likeness (QED) is 0.855. The van der Waals surface area contributed by atoms with Gasteiger partial charge in [0, 0.05) is 10.9 Å². The highest BCUT2D eigenvalue weighted by molar-refractivity contribution is 7.85. The van der Waals surface area contributed by atoms with Crippen molar-refractivity contribution < 1.29 is 4.21 Å². The largest absolute Gasteiger partial charge is 0.316 e. The molecule has 0 saturated carbocycles. The van der Waals surface area contributed by atoms with E-state index in [9.17, 15) is 4.21 Å². The number of benzene rings is 1. The number of rotatable bonds is 5. The van der Waals surface area contributed by atoms with E-state index < -0.39 is 10.8 Å². The minimum atomic E-state index is -0.929. The Morgan fingerprint density at radius 1 is 1.31 bits per heavy atom. The lowest BCUT2D eigenvalue weighted by Crippen LogP contribution is -2.37. The smallest absolute Gasteiger partial charge is 0.0573 e. The molecule has 0 aliphatic carbocycles. The van der Waals surface area contributed by atoms with Crippen LogP contribution in [-0.2, 0) is 10.8 Å². The minimum absolute atomic E-state index is 0.137. The standard InChI is InChI=1S/C13H21NOS/c1-5-13(14-4)11(3)16(15)12-8-6-10(2)7-9-12/h6-9,11,13-14H,5H2,1-4H3. The second kappa shape index (κ2) is 6.16. The van der Waals surface area contributed by atoms with Crippen LogP contribution in [0.25, 0.3) is 0 Å². The van der Waals surface area contributed by atoms with Gasteiger partial charge in [-0.1, -0.05) is 24.6 Å². The van der Waals surface area contributed by atoms with Crippen LogP contribution in [0, 0.1) is 6.92 Å². The summed E-state index contributed by atoms with van der Waals surface area (Å²) in [6.07, 6.45) is 0.995. The fourth-order valence-corrected chi connectivity index (χ4v) is 3.27. The van der Waals surface area contributed by atoms with E-state index in [1.54, 1.807) is 0 Å². The van der Waals surface area contributed by atoms with Gasteiger partial charge < -0.3 is 5.32 Å². The maximum absolute atomic E-state index is 12.3. The summed E-state index contributed by atoms with van der Waals surface area (Å²) in [5.41, 5.74) is 1.20. The molecule has 3 atom stereocenters. The van der Waals surface area contributed by atoms with Crippen LogP contribution < -0.4 is 5.32 Å². The molecule has 0 aliphatic heterocycles. The lowest BCUT2D eigenvalue weighted by molar-refractivity contribution is 0.529. The lowest BCUT2D eigenvalue weighted by atomic mass is 10.2. The minimum Gasteiger partial charge on any atom is -0.316 e. The van der Waals surface area contributed by atoms with Gasteiger partial charge in [-0.2, -0.15) is 0 Å². The van der Waals surface area contributed by atoms with Crippen LogP contribution in [0.4, 0.5) is 0 Å². The predicted molar refractivity (Wildman–Crippen MR) is 70.2 cm³/mol. The van der Waals surface area contributed by atoms with Gasteiger partial charge in [0.2, 0.25) is 0 Å². The molecule has 0 amide bonds. The van der Waals surface area contributed by atoms with Crippen molar-refractivity contribution in [2.45, 2.75) is 43.4 Å². The summed E-state index contributed by atoms with van der Waals surface area (Å²) in [4.78, 5) is 0.923. The first-order chi connectivity index (χ1) is 7.60. The Morgan fingerprint density at radius 2 is 1.88 bits per heavy atom. The average molecular weight is 239 g/mol. The molecule has 1 N–H and O–H groups in total. The van der Waals surface area contributed by atoms with Crippen LogP contribution in [0.2, 0.25) is 0 Å². The van der Waals surface area contributed by atoms with Crippen molar-refractivity contribution >= 4 is 10.8 Å². The molecule has 1 rings (SSSR count). The Balaban J connectivity index is 2.81. The first kappa shape index (κ1) is 13.4. The summed E-state index contributed by atoms with van der Waals surface area (Å²) in [7, 11) is 0.999. The molecule has 2 nitrogen and oxygen atoms in total. The second-order valence-corrected chi connectivity index (χ2v) is 5.93. The molecule has 0 bridgehead atoms. The monoisotopic (exact) mass is 239 g/mol. The van der Waals surface area contributed by atoms with Gasteiger partial charge in [0.05, 0.1) is 16.0 Å². The number of hydrogen-bond donors (Lipinski definition) is 1. The summed E-state index contributed by atoms with van der Waals surface area (Å²) in [6.45, 7) is 6.20. The molecule has 0 fully saturated rings. The third-order valence-electron chi connectivity index (χ3n) is 2.97. The van der Waals surface area contributed by atoms with Crippen LogP contribution in [0.15, 0.2) is 29.2 Å². The van der Waals surface area contributed by atoms with Crippen LogP contribution in [0.5, 0.6) is 0 Å². The molecule has 3 heteroatoms. The van der Waals surface area contributed by atoms with E-state index in [0.717, 1.165) is 11.3 Å². The van der Waals surface area contributed by atoms with Crippen molar-refractivity contribution in [1.29, 1.82) is 0 Å². The molecule has 1 aromatic rings. The Bertz CT molecular complexity index is 343. The fourth-order valence-electron chi connectivity index (χ4n) is 1.81. The molecule has 0 spiro atoms. The van der Waals surface area contributed by atoms with Crippen molar-refractivity contribution in [2.75, 3.05) is 7.05 Å². The molecular formula is C13H21NOS. The first-order valence-corrected chi connectivity index (χ1v) is 6.96. The van der Waals surface area contributed by atoms with E-state index in [2.05, 4.69) is 12.2 Å². The van der Waals surface area contributed by atoms with E-state index in [1.165, 1.54) is 5.56 Å². The topological polar surface area (TPSA) is 29.1 Å². The van der Waals surface area contributed by atoms with E-state index in [4.69, 9.17) is 0 Å². The fraction of sp³-hybridized carbons (Fsp3) is 0.538. The van der Waals surface area contributed by atoms with Crippen molar-refractivity contribution in [3.63, 3.8) is 0 Å². The Morgan fingerprint density at radius 3 is 2.31 bits per heavy atom. The summed E-state index contributed by atoms with van der Waals surface area (Å²) < 4.78 is 12.3. The average Bonchev–Trinajstić information content (AvgIpc) is 2.30. The zero-order chi connectivity index (χ0) is 12.1. The Labute approximate surface area is 101 Å². The summed E-state index contributed by atoms with van der Waals surface area (Å²) in [5, 5.41) is 3.36. The van der Waals surface area contributed by atoms with Gasteiger partial charge in [0.25, 0.3) is 0 Å². The highest BCUT2D eigenvalue weighted by atomic mass is 32.2. The van der Waals surface area contributed by atoms with Crippen LogP contribution in [0.1, 0.15) is 25.8 Å². The lowest BCUT2D eigenvalue weighted by Gasteiger charge is -2.21. The van der Waals surface area contributed by atoms with Gasteiger partial charge in [-0.3, -0.25) is 4.21 Å². The van der Waals surface area contributed by atoms with Gasteiger partial charge in [0.15, 0.2) is 0 Å². The van der Waals surface area contributed by atoms with Crippen molar-refractivity contribution in [1.82, 2.24) is 5.32 Å². The number of hydrogen-bond acceptors (Lipinski definition) is 2. The molecule has 0 radical (unpaired) electrons. The van der Waals surface area contributed by atoms with E-state index in [0.29, 0.717) is 6.04 Å². The zero-order valence-electron chi connectivity index (χ0n) is 10.5.